The Morgan fingerprint density at radius 2 is 1.80 bits per heavy atom. The maximum absolute atomic E-state index is 12.0. The normalized spacial score (nSPS) is 12.4. The number of ketones is 1. The molecule has 1 aliphatic rings. The van der Waals surface area contributed by atoms with Crippen LogP contribution in [0.15, 0.2) is 48.5 Å². The smallest absolute Gasteiger partial charge is 0.231 e. The summed E-state index contributed by atoms with van der Waals surface area (Å²) in [7, 11) is 0. The Kier molecular flexibility index (Phi) is 3.68. The topological polar surface area (TPSA) is 35.5 Å². The molecule has 0 amide bonds. The molecule has 1 aliphatic heterocycles. The number of hydrogen-bond donors (Lipinski definition) is 0. The van der Waals surface area contributed by atoms with Gasteiger partial charge in [0, 0.05) is 12.0 Å². The van der Waals surface area contributed by atoms with E-state index in [-0.39, 0.29) is 5.78 Å². The molecule has 0 fully saturated rings. The Labute approximate surface area is 118 Å². The highest BCUT2D eigenvalue weighted by Gasteiger charge is 2.13. The first-order valence-electron chi connectivity index (χ1n) is 6.80. The summed E-state index contributed by atoms with van der Waals surface area (Å²) in [4.78, 5) is 12.0. The summed E-state index contributed by atoms with van der Waals surface area (Å²) in [6.45, 7) is 0.297. The number of aryl methyl sites for hydroxylation is 1. The van der Waals surface area contributed by atoms with Crippen LogP contribution in [-0.4, -0.2) is 12.6 Å². The summed E-state index contributed by atoms with van der Waals surface area (Å²) in [6.07, 6.45) is 2.28. The van der Waals surface area contributed by atoms with Crippen molar-refractivity contribution in [2.75, 3.05) is 6.79 Å². The van der Waals surface area contributed by atoms with E-state index >= 15 is 0 Å². The molecule has 2 aromatic carbocycles. The van der Waals surface area contributed by atoms with E-state index in [4.69, 9.17) is 9.47 Å². The summed E-state index contributed by atoms with van der Waals surface area (Å²) in [5, 5.41) is 0. The molecule has 1 heterocycles. The van der Waals surface area contributed by atoms with Gasteiger partial charge in [0.15, 0.2) is 17.3 Å². The average Bonchev–Trinajstić information content (AvgIpc) is 2.95. The third-order valence-corrected chi connectivity index (χ3v) is 3.40. The predicted octanol–water partition coefficient (Wildman–Crippen LogP) is 3.62. The Morgan fingerprint density at radius 1 is 1.00 bits per heavy atom. The van der Waals surface area contributed by atoms with Gasteiger partial charge in [-0.25, -0.2) is 0 Å². The van der Waals surface area contributed by atoms with Gasteiger partial charge in [-0.3, -0.25) is 4.79 Å². The lowest BCUT2D eigenvalue weighted by molar-refractivity contribution is 0.0980. The standard InChI is InChI=1S/C17H16O3/c18-15(14-6-2-1-3-7-14)8-4-5-13-9-10-16-17(11-13)20-12-19-16/h1-3,6-7,9-11H,4-5,8,12H2. The molecular formula is C17H16O3. The van der Waals surface area contributed by atoms with Gasteiger partial charge < -0.3 is 9.47 Å². The molecule has 0 saturated heterocycles. The number of fused-ring (bicyclic) bond motifs is 1. The highest BCUT2D eigenvalue weighted by Crippen LogP contribution is 2.32. The van der Waals surface area contributed by atoms with Crippen LogP contribution in [0.1, 0.15) is 28.8 Å². The van der Waals surface area contributed by atoms with E-state index in [1.165, 1.54) is 5.56 Å². The molecule has 0 bridgehead atoms. The largest absolute Gasteiger partial charge is 0.454 e. The van der Waals surface area contributed by atoms with Crippen LogP contribution in [0.25, 0.3) is 0 Å². The number of hydrogen-bond acceptors (Lipinski definition) is 3. The third kappa shape index (κ3) is 2.82. The molecule has 0 spiro atoms. The van der Waals surface area contributed by atoms with Crippen molar-refractivity contribution < 1.29 is 14.3 Å². The second-order valence-corrected chi connectivity index (χ2v) is 4.83. The van der Waals surface area contributed by atoms with Gasteiger partial charge in [-0.15, -0.1) is 0 Å². The number of benzene rings is 2. The van der Waals surface area contributed by atoms with E-state index in [9.17, 15) is 4.79 Å². The number of carbonyl (C=O) groups is 1. The molecule has 2 aromatic rings. The highest BCUT2D eigenvalue weighted by atomic mass is 16.7. The van der Waals surface area contributed by atoms with Crippen LogP contribution < -0.4 is 9.47 Å². The van der Waals surface area contributed by atoms with Gasteiger partial charge in [0.25, 0.3) is 0 Å². The maximum Gasteiger partial charge on any atom is 0.231 e. The molecule has 3 heteroatoms. The number of ether oxygens (including phenoxy) is 2. The Hall–Kier alpha value is -2.29. The molecule has 0 unspecified atom stereocenters. The summed E-state index contributed by atoms with van der Waals surface area (Å²) >= 11 is 0. The molecule has 0 aromatic heterocycles. The quantitative estimate of drug-likeness (QED) is 0.777. The zero-order valence-electron chi connectivity index (χ0n) is 11.2. The molecule has 20 heavy (non-hydrogen) atoms. The van der Waals surface area contributed by atoms with Crippen molar-refractivity contribution in [2.24, 2.45) is 0 Å². The van der Waals surface area contributed by atoms with Crippen molar-refractivity contribution in [3.05, 3.63) is 59.7 Å². The Balaban J connectivity index is 1.54. The second kappa shape index (κ2) is 5.78. The van der Waals surface area contributed by atoms with Gasteiger partial charge in [0.05, 0.1) is 0 Å². The summed E-state index contributed by atoms with van der Waals surface area (Å²) in [5.74, 6) is 1.80. The van der Waals surface area contributed by atoms with Gasteiger partial charge in [-0.05, 0) is 30.5 Å². The number of rotatable bonds is 5. The van der Waals surface area contributed by atoms with Crippen LogP contribution in [0.2, 0.25) is 0 Å². The summed E-state index contributed by atoms with van der Waals surface area (Å²) in [6, 6.07) is 15.4. The van der Waals surface area contributed by atoms with Crippen LogP contribution in [-0.2, 0) is 6.42 Å². The molecule has 0 aliphatic carbocycles. The maximum atomic E-state index is 12.0. The van der Waals surface area contributed by atoms with E-state index in [0.29, 0.717) is 13.2 Å². The van der Waals surface area contributed by atoms with Crippen LogP contribution in [0.4, 0.5) is 0 Å². The third-order valence-electron chi connectivity index (χ3n) is 3.40. The highest BCUT2D eigenvalue weighted by molar-refractivity contribution is 5.95. The van der Waals surface area contributed by atoms with Crippen molar-refractivity contribution in [1.82, 2.24) is 0 Å². The fraction of sp³-hybridized carbons (Fsp3) is 0.235. The monoisotopic (exact) mass is 268 g/mol. The van der Waals surface area contributed by atoms with Gasteiger partial charge in [0.1, 0.15) is 0 Å². The predicted molar refractivity (Wildman–Crippen MR) is 76.3 cm³/mol. The van der Waals surface area contributed by atoms with E-state index in [1.807, 2.05) is 48.5 Å². The molecular weight excluding hydrogens is 252 g/mol. The lowest BCUT2D eigenvalue weighted by Gasteiger charge is -2.03. The lowest BCUT2D eigenvalue weighted by Crippen LogP contribution is -1.99. The van der Waals surface area contributed by atoms with Crippen molar-refractivity contribution >= 4 is 5.78 Å². The van der Waals surface area contributed by atoms with Crippen molar-refractivity contribution in [3.8, 4) is 11.5 Å². The van der Waals surface area contributed by atoms with Crippen molar-refractivity contribution in [2.45, 2.75) is 19.3 Å². The molecule has 0 N–H and O–H groups in total. The van der Waals surface area contributed by atoms with E-state index in [0.717, 1.165) is 29.9 Å². The van der Waals surface area contributed by atoms with E-state index in [2.05, 4.69) is 0 Å². The van der Waals surface area contributed by atoms with Crippen LogP contribution >= 0.6 is 0 Å². The van der Waals surface area contributed by atoms with Crippen LogP contribution in [0, 0.1) is 0 Å². The number of Topliss-reactive ketones (excluding diaryl/α,β-unsaturated/α-hetero) is 1. The average molecular weight is 268 g/mol. The fourth-order valence-corrected chi connectivity index (χ4v) is 2.32. The van der Waals surface area contributed by atoms with Crippen LogP contribution in [0.5, 0.6) is 11.5 Å². The zero-order chi connectivity index (χ0) is 13.8. The van der Waals surface area contributed by atoms with Crippen LogP contribution in [0.3, 0.4) is 0 Å². The van der Waals surface area contributed by atoms with Gasteiger partial charge in [0.2, 0.25) is 6.79 Å². The lowest BCUT2D eigenvalue weighted by atomic mass is 10.0. The van der Waals surface area contributed by atoms with E-state index < -0.39 is 0 Å². The summed E-state index contributed by atoms with van der Waals surface area (Å²) < 4.78 is 10.6. The molecule has 0 radical (unpaired) electrons. The van der Waals surface area contributed by atoms with E-state index in [1.54, 1.807) is 0 Å². The molecule has 0 saturated carbocycles. The SMILES string of the molecule is O=C(CCCc1ccc2c(c1)OCO2)c1ccccc1. The zero-order valence-corrected chi connectivity index (χ0v) is 11.2. The van der Waals surface area contributed by atoms with Crippen molar-refractivity contribution in [3.63, 3.8) is 0 Å². The minimum atomic E-state index is 0.200. The first kappa shape index (κ1) is 12.7. The molecule has 3 rings (SSSR count). The fourth-order valence-electron chi connectivity index (χ4n) is 2.32. The summed E-state index contributed by atoms with van der Waals surface area (Å²) in [5.41, 5.74) is 1.97. The minimum Gasteiger partial charge on any atom is -0.454 e. The Morgan fingerprint density at radius 3 is 2.65 bits per heavy atom. The van der Waals surface area contributed by atoms with Crippen molar-refractivity contribution in [1.29, 1.82) is 0 Å². The van der Waals surface area contributed by atoms with Gasteiger partial charge in [-0.2, -0.15) is 0 Å². The first-order valence-corrected chi connectivity index (χ1v) is 6.80. The first-order chi connectivity index (χ1) is 9.83. The molecule has 3 nitrogen and oxygen atoms in total. The Bertz CT molecular complexity index is 605. The second-order valence-electron chi connectivity index (χ2n) is 4.83. The molecule has 0 atom stereocenters. The minimum absolute atomic E-state index is 0.200. The number of carbonyl (C=O) groups excluding carboxylic acids is 1. The molecule has 102 valence electrons. The van der Waals surface area contributed by atoms with Gasteiger partial charge >= 0.3 is 0 Å². The van der Waals surface area contributed by atoms with Gasteiger partial charge in [-0.1, -0.05) is 36.4 Å².